The van der Waals surface area contributed by atoms with Gasteiger partial charge in [0.2, 0.25) is 23.5 Å². The van der Waals surface area contributed by atoms with Gasteiger partial charge in [0.1, 0.15) is 17.8 Å². The van der Waals surface area contributed by atoms with Crippen LogP contribution in [0.2, 0.25) is 0 Å². The van der Waals surface area contributed by atoms with E-state index in [0.29, 0.717) is 19.4 Å². The van der Waals surface area contributed by atoms with E-state index in [4.69, 9.17) is 0 Å². The van der Waals surface area contributed by atoms with E-state index in [1.807, 2.05) is 6.92 Å². The minimum absolute atomic E-state index is 0.0230. The summed E-state index contributed by atoms with van der Waals surface area (Å²) in [5.41, 5.74) is 0.101. The SMILES string of the molecule is CCC[C@@H](NC(=O)[C@H]1[C@H]2CCC[C@H]2CN1C(=O)CNC(=O)[C@@H](NC(=O)c1cnccn1)C1CCCCC1)C(=O)C(=O)NC1CC1. The predicted octanol–water partition coefficient (Wildman–Crippen LogP) is 1.03. The number of fused-ring (bicyclic) bond motifs is 1. The molecule has 45 heavy (non-hydrogen) atoms. The van der Waals surface area contributed by atoms with Crippen molar-refractivity contribution in [1.82, 2.24) is 36.1 Å². The lowest BCUT2D eigenvalue weighted by Gasteiger charge is -2.31. The van der Waals surface area contributed by atoms with Crippen LogP contribution >= 0.6 is 0 Å². The second kappa shape index (κ2) is 14.9. The van der Waals surface area contributed by atoms with Crippen LogP contribution in [0.1, 0.15) is 94.5 Å². The third kappa shape index (κ3) is 8.04. The Balaban J connectivity index is 1.24. The van der Waals surface area contributed by atoms with Crippen LogP contribution in [0, 0.1) is 17.8 Å². The maximum atomic E-state index is 13.7. The number of ketones is 1. The molecule has 3 saturated carbocycles. The second-order valence-electron chi connectivity index (χ2n) is 13.0. The van der Waals surface area contributed by atoms with Crippen LogP contribution in [0.25, 0.3) is 0 Å². The summed E-state index contributed by atoms with van der Waals surface area (Å²) in [6, 6.07) is -2.57. The Kier molecular flexibility index (Phi) is 10.8. The zero-order valence-corrected chi connectivity index (χ0v) is 26.0. The number of hydrogen-bond donors (Lipinski definition) is 4. The zero-order valence-electron chi connectivity index (χ0n) is 26.0. The van der Waals surface area contributed by atoms with E-state index in [-0.39, 0.29) is 36.0 Å². The minimum Gasteiger partial charge on any atom is -0.347 e. The molecule has 1 aromatic rings. The lowest BCUT2D eigenvalue weighted by molar-refractivity contribution is -0.143. The van der Waals surface area contributed by atoms with Crippen LogP contribution in [-0.4, -0.2) is 87.4 Å². The number of carbonyl (C=O) groups is 6. The van der Waals surface area contributed by atoms with Gasteiger partial charge < -0.3 is 26.2 Å². The van der Waals surface area contributed by atoms with Gasteiger partial charge in [-0.05, 0) is 62.7 Å². The quantitative estimate of drug-likeness (QED) is 0.235. The van der Waals surface area contributed by atoms with Crippen molar-refractivity contribution in [3.8, 4) is 0 Å². The van der Waals surface area contributed by atoms with E-state index in [1.165, 1.54) is 23.5 Å². The number of aromatic nitrogens is 2. The minimum atomic E-state index is -0.965. The number of rotatable bonds is 13. The van der Waals surface area contributed by atoms with Gasteiger partial charge in [-0.3, -0.25) is 33.8 Å². The Morgan fingerprint density at radius 1 is 0.933 bits per heavy atom. The van der Waals surface area contributed by atoms with Crippen molar-refractivity contribution >= 4 is 35.3 Å². The van der Waals surface area contributed by atoms with Gasteiger partial charge in [-0.25, -0.2) is 4.98 Å². The van der Waals surface area contributed by atoms with Crippen LogP contribution < -0.4 is 21.3 Å². The van der Waals surface area contributed by atoms with Crippen LogP contribution in [-0.2, 0) is 24.0 Å². The van der Waals surface area contributed by atoms with Gasteiger partial charge in [0.05, 0.1) is 18.8 Å². The zero-order chi connectivity index (χ0) is 31.9. The fraction of sp³-hybridized carbons (Fsp3) is 0.688. The molecule has 0 unspecified atom stereocenters. The standard InChI is InChI=1S/C32H45N7O6/c1-2-7-23(28(41)32(45)36-21-12-13-21)37-31(44)27-22-11-6-10-20(22)18-39(27)25(40)17-35-30(43)26(19-8-4-3-5-9-19)38-29(42)24-16-33-14-15-34-24/h14-16,19-23,26-27H,2-13,17-18H2,1H3,(H,35,43)(H,36,45)(H,37,44)(H,38,42)/t20-,22-,23+,26-,27+/m0/s1. The van der Waals surface area contributed by atoms with E-state index in [9.17, 15) is 28.8 Å². The predicted molar refractivity (Wildman–Crippen MR) is 162 cm³/mol. The number of hydrogen-bond acceptors (Lipinski definition) is 8. The topological polar surface area (TPSA) is 180 Å². The van der Waals surface area contributed by atoms with Crippen molar-refractivity contribution in [2.75, 3.05) is 13.1 Å². The third-order valence-corrected chi connectivity index (χ3v) is 9.73. The molecule has 0 spiro atoms. The lowest BCUT2D eigenvalue weighted by atomic mass is 9.83. The van der Waals surface area contributed by atoms with Crippen molar-refractivity contribution < 1.29 is 28.8 Å². The van der Waals surface area contributed by atoms with Gasteiger partial charge in [0, 0.05) is 25.0 Å². The van der Waals surface area contributed by atoms with E-state index in [2.05, 4.69) is 31.2 Å². The van der Waals surface area contributed by atoms with E-state index < -0.39 is 53.4 Å². The van der Waals surface area contributed by atoms with Crippen LogP contribution in [0.4, 0.5) is 0 Å². The normalized spacial score (nSPS) is 24.2. The van der Waals surface area contributed by atoms with Crippen LogP contribution in [0.3, 0.4) is 0 Å². The van der Waals surface area contributed by atoms with E-state index in [0.717, 1.165) is 64.2 Å². The molecule has 4 N–H and O–H groups in total. The molecule has 13 heteroatoms. The smallest absolute Gasteiger partial charge is 0.289 e. The highest BCUT2D eigenvalue weighted by Gasteiger charge is 2.50. The first-order valence-corrected chi connectivity index (χ1v) is 16.6. The summed E-state index contributed by atoms with van der Waals surface area (Å²) in [6.07, 6.45) is 14.0. The molecule has 0 aromatic carbocycles. The van der Waals surface area contributed by atoms with Gasteiger partial charge in [-0.2, -0.15) is 0 Å². The molecule has 2 heterocycles. The average Bonchev–Trinajstić information content (AvgIpc) is 3.62. The third-order valence-electron chi connectivity index (χ3n) is 9.73. The highest BCUT2D eigenvalue weighted by molar-refractivity contribution is 6.38. The molecule has 5 rings (SSSR count). The molecule has 4 aliphatic rings. The number of amides is 5. The van der Waals surface area contributed by atoms with Crippen LogP contribution in [0.5, 0.6) is 0 Å². The molecule has 5 atom stereocenters. The Labute approximate surface area is 263 Å². The number of nitrogens with zero attached hydrogens (tertiary/aromatic N) is 3. The Bertz CT molecular complexity index is 1270. The molecule has 3 aliphatic carbocycles. The Morgan fingerprint density at radius 2 is 1.71 bits per heavy atom. The largest absolute Gasteiger partial charge is 0.347 e. The van der Waals surface area contributed by atoms with Gasteiger partial charge >= 0.3 is 0 Å². The monoisotopic (exact) mass is 623 g/mol. The Morgan fingerprint density at radius 3 is 2.40 bits per heavy atom. The fourth-order valence-corrected chi connectivity index (χ4v) is 7.23. The van der Waals surface area contributed by atoms with E-state index in [1.54, 1.807) is 0 Å². The molecule has 1 aromatic heterocycles. The number of carbonyl (C=O) groups excluding carboxylic acids is 6. The van der Waals surface area contributed by atoms with E-state index >= 15 is 0 Å². The average molecular weight is 624 g/mol. The number of nitrogens with one attached hydrogen (secondary N) is 4. The lowest BCUT2D eigenvalue weighted by Crippen LogP contribution is -2.56. The summed E-state index contributed by atoms with van der Waals surface area (Å²) < 4.78 is 0. The summed E-state index contributed by atoms with van der Waals surface area (Å²) in [5, 5.41) is 11.1. The molecule has 1 saturated heterocycles. The summed E-state index contributed by atoms with van der Waals surface area (Å²) in [4.78, 5) is 88.6. The summed E-state index contributed by atoms with van der Waals surface area (Å²) in [6.45, 7) is 1.94. The highest BCUT2D eigenvalue weighted by Crippen LogP contribution is 2.42. The maximum absolute atomic E-state index is 13.7. The van der Waals surface area contributed by atoms with Crippen molar-refractivity contribution in [3.63, 3.8) is 0 Å². The van der Waals surface area contributed by atoms with Gasteiger partial charge in [0.25, 0.3) is 11.8 Å². The molecular formula is C32H45N7O6. The second-order valence-corrected chi connectivity index (χ2v) is 13.0. The summed E-state index contributed by atoms with van der Waals surface area (Å²) in [7, 11) is 0. The molecule has 0 bridgehead atoms. The molecule has 4 fully saturated rings. The first-order chi connectivity index (χ1) is 21.8. The van der Waals surface area contributed by atoms with Crippen molar-refractivity contribution in [1.29, 1.82) is 0 Å². The highest BCUT2D eigenvalue weighted by atomic mass is 16.2. The molecule has 244 valence electrons. The number of likely N-dealkylation sites (tertiary alicyclic amines) is 1. The Hall–Kier alpha value is -3.90. The van der Waals surface area contributed by atoms with Crippen molar-refractivity contribution in [2.24, 2.45) is 17.8 Å². The maximum Gasteiger partial charge on any atom is 0.289 e. The molecule has 1 aliphatic heterocycles. The number of Topliss-reactive ketones (excluding diaryl/α,β-unsaturated/α-hetero) is 1. The van der Waals surface area contributed by atoms with Gasteiger partial charge in [0.15, 0.2) is 0 Å². The first kappa shape index (κ1) is 32.5. The van der Waals surface area contributed by atoms with Gasteiger partial charge in [-0.15, -0.1) is 0 Å². The fourth-order valence-electron chi connectivity index (χ4n) is 7.23. The van der Waals surface area contributed by atoms with Crippen molar-refractivity contribution in [3.05, 3.63) is 24.3 Å². The summed E-state index contributed by atoms with van der Waals surface area (Å²) >= 11 is 0. The molecule has 0 radical (unpaired) electrons. The van der Waals surface area contributed by atoms with Gasteiger partial charge in [-0.1, -0.05) is 39.0 Å². The first-order valence-electron chi connectivity index (χ1n) is 16.6. The van der Waals surface area contributed by atoms with Crippen LogP contribution in [0.15, 0.2) is 18.6 Å². The molecular weight excluding hydrogens is 578 g/mol. The molecule has 13 nitrogen and oxygen atoms in total. The molecule has 5 amide bonds. The summed E-state index contributed by atoms with van der Waals surface area (Å²) in [5.74, 6) is -3.13. The van der Waals surface area contributed by atoms with Crippen molar-refractivity contribution in [2.45, 2.75) is 108 Å².